The Bertz CT molecular complexity index is 723. The molecule has 0 radical (unpaired) electrons. The molecule has 2 heterocycles. The van der Waals surface area contributed by atoms with Crippen molar-refractivity contribution in [2.75, 3.05) is 0 Å². The van der Waals surface area contributed by atoms with Gasteiger partial charge in [0.25, 0.3) is 0 Å². The highest BCUT2D eigenvalue weighted by atomic mass is 19.1. The highest BCUT2D eigenvalue weighted by molar-refractivity contribution is 6.55. The van der Waals surface area contributed by atoms with Crippen LogP contribution in [-0.4, -0.2) is 29.5 Å². The van der Waals surface area contributed by atoms with Gasteiger partial charge in [-0.05, 0) is 64.2 Å². The summed E-state index contributed by atoms with van der Waals surface area (Å²) in [5.74, 6) is 1.01. The number of benzene rings is 1. The van der Waals surface area contributed by atoms with Crippen LogP contribution in [-0.2, 0) is 9.31 Å². The van der Waals surface area contributed by atoms with Gasteiger partial charge in [-0.25, -0.2) is 4.39 Å². The Balaban J connectivity index is 1.76. The minimum atomic E-state index is -1.06. The van der Waals surface area contributed by atoms with Crippen LogP contribution in [0.3, 0.4) is 0 Å². The lowest BCUT2D eigenvalue weighted by Gasteiger charge is -2.32. The first-order valence-corrected chi connectivity index (χ1v) is 8.93. The van der Waals surface area contributed by atoms with Gasteiger partial charge in [-0.1, -0.05) is 6.07 Å². The van der Waals surface area contributed by atoms with Gasteiger partial charge in [0, 0.05) is 6.42 Å². The summed E-state index contributed by atoms with van der Waals surface area (Å²) < 4.78 is 33.2. The second-order valence-electron chi connectivity index (χ2n) is 8.26. The summed E-state index contributed by atoms with van der Waals surface area (Å²) in [6, 6.07) is 5.05. The van der Waals surface area contributed by atoms with E-state index in [1.165, 1.54) is 0 Å². The standard InChI is InChI=1S/C19H24BFO4/c1-18(2)19(3,4)25-20(24-18)17(21)12-10-15(11-8-9-11)23-14-7-5-6-13(22)16(12)14/h5-7,11,15,22H,8-10H2,1-4H3. The number of phenolic OH excluding ortho intramolecular Hbond substituents is 1. The number of ether oxygens (including phenoxy) is 1. The van der Waals surface area contributed by atoms with Gasteiger partial charge < -0.3 is 19.2 Å². The van der Waals surface area contributed by atoms with Crippen molar-refractivity contribution < 1.29 is 23.5 Å². The summed E-state index contributed by atoms with van der Waals surface area (Å²) in [6.07, 6.45) is 2.57. The number of rotatable bonds is 2. The largest absolute Gasteiger partial charge is 0.525 e. The molecular formula is C19H24BFO4. The van der Waals surface area contributed by atoms with Crippen LogP contribution in [0.2, 0.25) is 0 Å². The van der Waals surface area contributed by atoms with Gasteiger partial charge in [-0.15, -0.1) is 0 Å². The van der Waals surface area contributed by atoms with E-state index in [2.05, 4.69) is 0 Å². The molecule has 0 spiro atoms. The predicted octanol–water partition coefficient (Wildman–Crippen LogP) is 4.27. The van der Waals surface area contributed by atoms with Gasteiger partial charge in [-0.3, -0.25) is 0 Å². The third-order valence-electron chi connectivity index (χ3n) is 5.89. The SMILES string of the molecule is CC1(C)OB(C(F)=C2CC(C3CC3)Oc3cccc(O)c32)OC1(C)C. The Hall–Kier alpha value is -1.53. The average molecular weight is 346 g/mol. The monoisotopic (exact) mass is 346 g/mol. The van der Waals surface area contributed by atoms with Crippen molar-refractivity contribution in [3.8, 4) is 11.5 Å². The van der Waals surface area contributed by atoms with Crippen molar-refractivity contribution in [3.05, 3.63) is 29.5 Å². The maximum absolute atomic E-state index is 15.5. The van der Waals surface area contributed by atoms with Crippen molar-refractivity contribution in [2.24, 2.45) is 5.92 Å². The van der Waals surface area contributed by atoms with Gasteiger partial charge in [0.1, 0.15) is 23.3 Å². The smallest absolute Gasteiger partial charge is 0.507 e. The van der Waals surface area contributed by atoms with E-state index in [1.54, 1.807) is 18.2 Å². The minimum absolute atomic E-state index is 0.0217. The molecule has 134 valence electrons. The van der Waals surface area contributed by atoms with Crippen LogP contribution >= 0.6 is 0 Å². The molecule has 0 aromatic heterocycles. The molecule has 6 heteroatoms. The maximum atomic E-state index is 15.5. The lowest BCUT2D eigenvalue weighted by molar-refractivity contribution is 0.00578. The maximum Gasteiger partial charge on any atom is 0.525 e. The Morgan fingerprint density at radius 1 is 1.16 bits per heavy atom. The van der Waals surface area contributed by atoms with Crippen LogP contribution in [0.25, 0.3) is 5.57 Å². The van der Waals surface area contributed by atoms with Gasteiger partial charge in [0.15, 0.2) is 0 Å². The summed E-state index contributed by atoms with van der Waals surface area (Å²) >= 11 is 0. The van der Waals surface area contributed by atoms with Crippen molar-refractivity contribution >= 4 is 12.7 Å². The van der Waals surface area contributed by atoms with Gasteiger partial charge in [0.05, 0.1) is 16.8 Å². The molecule has 1 aromatic rings. The topological polar surface area (TPSA) is 47.9 Å². The molecule has 25 heavy (non-hydrogen) atoms. The molecule has 3 aliphatic rings. The summed E-state index contributed by atoms with van der Waals surface area (Å²) in [7, 11) is -1.06. The first-order valence-electron chi connectivity index (χ1n) is 8.93. The highest BCUT2D eigenvalue weighted by Crippen LogP contribution is 2.49. The predicted molar refractivity (Wildman–Crippen MR) is 94.0 cm³/mol. The molecular weight excluding hydrogens is 322 g/mol. The Kier molecular flexibility index (Phi) is 3.71. The first-order chi connectivity index (χ1) is 11.7. The van der Waals surface area contributed by atoms with E-state index >= 15 is 4.39 Å². The van der Waals surface area contributed by atoms with E-state index in [1.807, 2.05) is 27.7 Å². The van der Waals surface area contributed by atoms with Crippen molar-refractivity contribution in [1.82, 2.24) is 0 Å². The molecule has 1 aromatic carbocycles. The molecule has 4 nitrogen and oxygen atoms in total. The Morgan fingerprint density at radius 2 is 1.80 bits per heavy atom. The summed E-state index contributed by atoms with van der Waals surface area (Å²) in [4.78, 5) is 0. The molecule has 2 aliphatic heterocycles. The van der Waals surface area contributed by atoms with E-state index in [4.69, 9.17) is 14.0 Å². The molecule has 1 saturated heterocycles. The lowest BCUT2D eigenvalue weighted by Crippen LogP contribution is -2.41. The number of fused-ring (bicyclic) bond motifs is 1. The lowest BCUT2D eigenvalue weighted by atomic mass is 9.79. The van der Waals surface area contributed by atoms with Crippen LogP contribution in [0, 0.1) is 5.92 Å². The number of halogens is 1. The van der Waals surface area contributed by atoms with Crippen LogP contribution < -0.4 is 4.74 Å². The number of aromatic hydroxyl groups is 1. The van der Waals surface area contributed by atoms with E-state index < -0.39 is 24.0 Å². The number of hydrogen-bond acceptors (Lipinski definition) is 4. The highest BCUT2D eigenvalue weighted by Gasteiger charge is 2.54. The minimum Gasteiger partial charge on any atom is -0.507 e. The van der Waals surface area contributed by atoms with E-state index in [0.29, 0.717) is 29.2 Å². The van der Waals surface area contributed by atoms with Crippen LogP contribution in [0.1, 0.15) is 52.5 Å². The molecule has 4 rings (SSSR count). The molecule has 0 bridgehead atoms. The molecule has 2 fully saturated rings. The van der Waals surface area contributed by atoms with Crippen molar-refractivity contribution in [2.45, 2.75) is 64.3 Å². The zero-order valence-corrected chi connectivity index (χ0v) is 15.1. The van der Waals surface area contributed by atoms with Gasteiger partial charge in [0.2, 0.25) is 0 Å². The summed E-state index contributed by atoms with van der Waals surface area (Å²) in [5, 5.41) is 10.3. The van der Waals surface area contributed by atoms with E-state index in [-0.39, 0.29) is 11.9 Å². The van der Waals surface area contributed by atoms with E-state index in [9.17, 15) is 5.11 Å². The Labute approximate surface area is 148 Å². The number of hydrogen-bond donors (Lipinski definition) is 1. The zero-order valence-electron chi connectivity index (χ0n) is 15.1. The molecule has 1 unspecified atom stereocenters. The van der Waals surface area contributed by atoms with Gasteiger partial charge >= 0.3 is 7.12 Å². The molecule has 0 amide bonds. The van der Waals surface area contributed by atoms with Crippen molar-refractivity contribution in [1.29, 1.82) is 0 Å². The molecule has 1 N–H and O–H groups in total. The second-order valence-corrected chi connectivity index (χ2v) is 8.26. The molecule has 1 saturated carbocycles. The summed E-state index contributed by atoms with van der Waals surface area (Å²) in [5.41, 5.74) is -0.826. The van der Waals surface area contributed by atoms with E-state index in [0.717, 1.165) is 12.8 Å². The van der Waals surface area contributed by atoms with Gasteiger partial charge in [-0.2, -0.15) is 0 Å². The van der Waals surface area contributed by atoms with Crippen LogP contribution in [0.4, 0.5) is 4.39 Å². The second kappa shape index (κ2) is 5.48. The van der Waals surface area contributed by atoms with Crippen molar-refractivity contribution in [3.63, 3.8) is 0 Å². The fourth-order valence-corrected chi connectivity index (χ4v) is 3.47. The summed E-state index contributed by atoms with van der Waals surface area (Å²) in [6.45, 7) is 7.58. The fourth-order valence-electron chi connectivity index (χ4n) is 3.47. The molecule has 1 aliphatic carbocycles. The normalized spacial score (nSPS) is 29.2. The third-order valence-corrected chi connectivity index (χ3v) is 5.89. The van der Waals surface area contributed by atoms with Crippen LogP contribution in [0.5, 0.6) is 11.5 Å². The third kappa shape index (κ3) is 2.76. The number of phenols is 1. The first kappa shape index (κ1) is 16.9. The quantitative estimate of drug-likeness (QED) is 0.813. The fraction of sp³-hybridized carbons (Fsp3) is 0.579. The zero-order chi connectivity index (χ0) is 18.0. The average Bonchev–Trinajstić information content (AvgIpc) is 3.34. The Morgan fingerprint density at radius 3 is 2.40 bits per heavy atom. The molecule has 1 atom stereocenters. The van der Waals surface area contributed by atoms with Crippen LogP contribution in [0.15, 0.2) is 23.9 Å².